The number of rotatable bonds is 3. The summed E-state index contributed by atoms with van der Waals surface area (Å²) < 4.78 is 0. The van der Waals surface area contributed by atoms with Gasteiger partial charge in [-0.05, 0) is 36.3 Å². The van der Waals surface area contributed by atoms with Gasteiger partial charge in [0.05, 0.1) is 6.04 Å². The van der Waals surface area contributed by atoms with Crippen molar-refractivity contribution in [3.8, 4) is 0 Å². The highest BCUT2D eigenvalue weighted by molar-refractivity contribution is 7.12. The van der Waals surface area contributed by atoms with Gasteiger partial charge < -0.3 is 4.90 Å². The van der Waals surface area contributed by atoms with Crippen LogP contribution in [-0.4, -0.2) is 22.9 Å². The number of aryl methyl sites for hydroxylation is 1. The molecule has 0 spiro atoms. The zero-order valence-electron chi connectivity index (χ0n) is 13.9. The summed E-state index contributed by atoms with van der Waals surface area (Å²) in [4.78, 5) is 17.5. The van der Waals surface area contributed by atoms with Crippen LogP contribution in [0.15, 0.2) is 12.1 Å². The number of hydrogen-bond acceptors (Lipinski definition) is 3. The van der Waals surface area contributed by atoms with E-state index in [0.717, 1.165) is 6.42 Å². The van der Waals surface area contributed by atoms with E-state index in [2.05, 4.69) is 63.9 Å². The molecule has 3 nitrogen and oxygen atoms in total. The maximum absolute atomic E-state index is 12.9. The van der Waals surface area contributed by atoms with E-state index < -0.39 is 0 Å². The van der Waals surface area contributed by atoms with Crippen molar-refractivity contribution in [1.82, 2.24) is 10.2 Å². The highest BCUT2D eigenvalue weighted by Crippen LogP contribution is 2.66. The van der Waals surface area contributed by atoms with E-state index in [0.29, 0.717) is 6.04 Å². The van der Waals surface area contributed by atoms with E-state index in [4.69, 9.17) is 0 Å². The Kier molecular flexibility index (Phi) is 3.27. The van der Waals surface area contributed by atoms with E-state index in [1.54, 1.807) is 11.3 Å². The molecule has 0 aromatic carbocycles. The number of carbonyl (C=O) groups is 1. The molecule has 21 heavy (non-hydrogen) atoms. The van der Waals surface area contributed by atoms with Crippen LogP contribution in [0.1, 0.15) is 57.0 Å². The van der Waals surface area contributed by atoms with Gasteiger partial charge in [0, 0.05) is 15.8 Å². The molecule has 1 aliphatic carbocycles. The molecular weight excluding hydrogens is 280 g/mol. The monoisotopic (exact) mass is 306 g/mol. The van der Waals surface area contributed by atoms with Crippen molar-refractivity contribution in [3.05, 3.63) is 21.9 Å². The number of amides is 1. The Morgan fingerprint density at radius 1 is 1.24 bits per heavy atom. The average molecular weight is 306 g/mol. The molecule has 3 rings (SSSR count). The first-order valence-electron chi connectivity index (χ1n) is 7.86. The van der Waals surface area contributed by atoms with Crippen LogP contribution in [0.3, 0.4) is 0 Å². The molecule has 2 aliphatic rings. The molecule has 1 N–H and O–H groups in total. The van der Waals surface area contributed by atoms with Gasteiger partial charge in [0.1, 0.15) is 6.17 Å². The number of thiophene rings is 1. The first-order valence-corrected chi connectivity index (χ1v) is 8.68. The molecule has 1 aromatic heterocycles. The second-order valence-electron chi connectivity index (χ2n) is 7.57. The molecule has 1 aromatic rings. The number of hydrogen-bond donors (Lipinski definition) is 1. The number of carbonyl (C=O) groups excluding carboxylic acids is 1. The second-order valence-corrected chi connectivity index (χ2v) is 8.89. The predicted molar refractivity (Wildman–Crippen MR) is 87.2 cm³/mol. The van der Waals surface area contributed by atoms with Crippen LogP contribution in [0.2, 0.25) is 0 Å². The molecule has 2 fully saturated rings. The Balaban J connectivity index is 1.97. The van der Waals surface area contributed by atoms with Crippen LogP contribution in [0.5, 0.6) is 0 Å². The molecule has 1 saturated heterocycles. The summed E-state index contributed by atoms with van der Waals surface area (Å²) in [7, 11) is 0. The van der Waals surface area contributed by atoms with Crippen LogP contribution in [-0.2, 0) is 4.79 Å². The van der Waals surface area contributed by atoms with Crippen molar-refractivity contribution in [2.75, 3.05) is 0 Å². The Labute approximate surface area is 131 Å². The van der Waals surface area contributed by atoms with Gasteiger partial charge >= 0.3 is 0 Å². The van der Waals surface area contributed by atoms with Crippen LogP contribution in [0, 0.1) is 17.8 Å². The molecule has 2 unspecified atom stereocenters. The fourth-order valence-corrected chi connectivity index (χ4v) is 4.83. The summed E-state index contributed by atoms with van der Waals surface area (Å²) in [6.45, 7) is 13.3. The third kappa shape index (κ3) is 1.99. The van der Waals surface area contributed by atoms with Crippen LogP contribution in [0.25, 0.3) is 0 Å². The van der Waals surface area contributed by atoms with Gasteiger partial charge in [0.2, 0.25) is 5.91 Å². The van der Waals surface area contributed by atoms with Gasteiger partial charge in [-0.1, -0.05) is 34.6 Å². The molecule has 0 bridgehead atoms. The maximum Gasteiger partial charge on any atom is 0.241 e. The Hall–Kier alpha value is -0.870. The van der Waals surface area contributed by atoms with Crippen molar-refractivity contribution in [1.29, 1.82) is 0 Å². The summed E-state index contributed by atoms with van der Waals surface area (Å²) in [6, 6.07) is 4.59. The van der Waals surface area contributed by atoms with Gasteiger partial charge in [-0.25, -0.2) is 0 Å². The van der Waals surface area contributed by atoms with Crippen molar-refractivity contribution in [2.24, 2.45) is 10.8 Å². The number of nitrogens with zero attached hydrogens (tertiary/aromatic N) is 1. The Morgan fingerprint density at radius 2 is 1.86 bits per heavy atom. The fourth-order valence-electron chi connectivity index (χ4n) is 3.89. The summed E-state index contributed by atoms with van der Waals surface area (Å²) >= 11 is 1.79. The summed E-state index contributed by atoms with van der Waals surface area (Å²) in [5.74, 6) is 0.275. The van der Waals surface area contributed by atoms with E-state index in [1.807, 2.05) is 0 Å². The van der Waals surface area contributed by atoms with Crippen molar-refractivity contribution in [2.45, 2.75) is 66.2 Å². The minimum Gasteiger partial charge on any atom is -0.317 e. The Bertz CT molecular complexity index is 561. The normalized spacial score (nSPS) is 31.0. The molecular formula is C17H26N2OS. The number of nitrogens with one attached hydrogen (secondary N) is 1. The van der Waals surface area contributed by atoms with Gasteiger partial charge in [0.15, 0.2) is 0 Å². The summed E-state index contributed by atoms with van der Waals surface area (Å²) in [6.07, 6.45) is 0.899. The lowest BCUT2D eigenvalue weighted by molar-refractivity contribution is -0.131. The van der Waals surface area contributed by atoms with Crippen LogP contribution >= 0.6 is 11.3 Å². The first kappa shape index (κ1) is 15.0. The minimum atomic E-state index is -0.0374. The van der Waals surface area contributed by atoms with E-state index >= 15 is 0 Å². The predicted octanol–water partition coefficient (Wildman–Crippen LogP) is 3.70. The second kappa shape index (κ2) is 4.56. The lowest BCUT2D eigenvalue weighted by Gasteiger charge is -2.26. The smallest absolute Gasteiger partial charge is 0.241 e. The molecule has 116 valence electrons. The molecule has 2 atom stereocenters. The first-order chi connectivity index (χ1) is 9.71. The SMILES string of the molecule is CCC1NC(c2ccc(C)s2)N(C2C(C)(C)C2(C)C)C1=O. The van der Waals surface area contributed by atoms with Gasteiger partial charge in [0.25, 0.3) is 0 Å². The standard InChI is InChI=1S/C17H26N2OS/c1-7-11-14(20)19(15-16(3,4)17(15,5)6)13(18-11)12-9-8-10(2)21-12/h8-9,11,13,15,18H,7H2,1-6H3. The molecule has 4 heteroatoms. The van der Waals surface area contributed by atoms with Crippen LogP contribution in [0.4, 0.5) is 0 Å². The molecule has 1 aliphatic heterocycles. The summed E-state index contributed by atoms with van der Waals surface area (Å²) in [5, 5.41) is 3.55. The largest absolute Gasteiger partial charge is 0.317 e. The highest BCUT2D eigenvalue weighted by Gasteiger charge is 2.70. The third-order valence-electron chi connectivity index (χ3n) is 5.85. The van der Waals surface area contributed by atoms with Gasteiger partial charge in [-0.15, -0.1) is 11.3 Å². The molecule has 1 amide bonds. The Morgan fingerprint density at radius 3 is 2.29 bits per heavy atom. The third-order valence-corrected chi connectivity index (χ3v) is 6.90. The van der Waals surface area contributed by atoms with Crippen LogP contribution < -0.4 is 5.32 Å². The molecule has 1 saturated carbocycles. The fraction of sp³-hybridized carbons (Fsp3) is 0.706. The lowest BCUT2D eigenvalue weighted by Crippen LogP contribution is -2.36. The average Bonchev–Trinajstić information content (AvgIpc) is 2.81. The van der Waals surface area contributed by atoms with Gasteiger partial charge in [-0.2, -0.15) is 0 Å². The van der Waals surface area contributed by atoms with Crippen molar-refractivity contribution in [3.63, 3.8) is 0 Å². The topological polar surface area (TPSA) is 32.3 Å². The van der Waals surface area contributed by atoms with E-state index in [-0.39, 0.29) is 28.9 Å². The van der Waals surface area contributed by atoms with Crippen molar-refractivity contribution >= 4 is 17.2 Å². The highest BCUT2D eigenvalue weighted by atomic mass is 32.1. The zero-order valence-corrected chi connectivity index (χ0v) is 14.7. The zero-order chi connectivity index (χ0) is 15.6. The lowest BCUT2D eigenvalue weighted by atomic mass is 10.0. The molecule has 0 radical (unpaired) electrons. The minimum absolute atomic E-state index is 0.0374. The quantitative estimate of drug-likeness (QED) is 0.923. The van der Waals surface area contributed by atoms with E-state index in [1.165, 1.54) is 9.75 Å². The van der Waals surface area contributed by atoms with E-state index in [9.17, 15) is 4.79 Å². The summed E-state index contributed by atoms with van der Waals surface area (Å²) in [5.41, 5.74) is 0.356. The molecule has 2 heterocycles. The maximum atomic E-state index is 12.9. The van der Waals surface area contributed by atoms with Crippen molar-refractivity contribution < 1.29 is 4.79 Å². The van der Waals surface area contributed by atoms with Gasteiger partial charge in [-0.3, -0.25) is 10.1 Å².